The molecule has 0 aromatic heterocycles. The third kappa shape index (κ3) is 4.91. The number of rotatable bonds is 5. The van der Waals surface area contributed by atoms with Crippen molar-refractivity contribution in [1.82, 2.24) is 10.2 Å². The normalized spacial score (nSPS) is 11.3. The molecule has 0 atom stereocenters. The van der Waals surface area contributed by atoms with Crippen LogP contribution in [0.5, 0.6) is 0 Å². The average molecular weight is 314 g/mol. The van der Waals surface area contributed by atoms with Gasteiger partial charge in [0.2, 0.25) is 0 Å². The van der Waals surface area contributed by atoms with Gasteiger partial charge >= 0.3 is 12.0 Å². The smallest absolute Gasteiger partial charge is 0.337 e. The van der Waals surface area contributed by atoms with Gasteiger partial charge in [-0.3, -0.25) is 0 Å². The predicted octanol–water partition coefficient (Wildman–Crippen LogP) is 2.50. The lowest BCUT2D eigenvalue weighted by Gasteiger charge is -2.32. The van der Waals surface area contributed by atoms with Gasteiger partial charge in [-0.05, 0) is 46.1 Å². The molecular weight excluding hydrogens is 294 g/mol. The Kier molecular flexibility index (Phi) is 5.57. The van der Waals surface area contributed by atoms with Crippen LogP contribution in [0.2, 0.25) is 5.02 Å². The second-order valence-electron chi connectivity index (χ2n) is 5.51. The van der Waals surface area contributed by atoms with E-state index in [4.69, 9.17) is 16.7 Å². The minimum absolute atomic E-state index is 0.0126. The maximum absolute atomic E-state index is 11.9. The van der Waals surface area contributed by atoms with Crippen LogP contribution in [0.25, 0.3) is 0 Å². The molecule has 0 aliphatic rings. The van der Waals surface area contributed by atoms with Crippen LogP contribution in [-0.4, -0.2) is 48.2 Å². The van der Waals surface area contributed by atoms with Crippen LogP contribution in [0.1, 0.15) is 24.2 Å². The number of carboxylic acids is 1. The van der Waals surface area contributed by atoms with Gasteiger partial charge in [-0.25, -0.2) is 9.59 Å². The summed E-state index contributed by atoms with van der Waals surface area (Å²) in [5, 5.41) is 14.7. The summed E-state index contributed by atoms with van der Waals surface area (Å²) in [4.78, 5) is 25.0. The van der Waals surface area contributed by atoms with Gasteiger partial charge in [0, 0.05) is 17.1 Å². The Morgan fingerprint density at radius 1 is 1.33 bits per heavy atom. The first-order chi connectivity index (χ1) is 9.63. The van der Waals surface area contributed by atoms with E-state index in [1.54, 1.807) is 0 Å². The molecule has 0 spiro atoms. The van der Waals surface area contributed by atoms with E-state index < -0.39 is 12.0 Å². The highest BCUT2D eigenvalue weighted by Gasteiger charge is 2.21. The number of carbonyl (C=O) groups is 2. The maximum atomic E-state index is 11.9. The van der Waals surface area contributed by atoms with Crippen LogP contribution in [0, 0.1) is 0 Å². The van der Waals surface area contributed by atoms with Gasteiger partial charge in [0.05, 0.1) is 11.3 Å². The number of urea groups is 1. The van der Waals surface area contributed by atoms with E-state index in [2.05, 4.69) is 10.6 Å². The number of aromatic carboxylic acids is 1. The summed E-state index contributed by atoms with van der Waals surface area (Å²) in [5.74, 6) is -1.13. The summed E-state index contributed by atoms with van der Waals surface area (Å²) >= 11 is 5.82. The Labute approximate surface area is 129 Å². The minimum Gasteiger partial charge on any atom is -0.478 e. The van der Waals surface area contributed by atoms with E-state index in [0.717, 1.165) is 0 Å². The summed E-state index contributed by atoms with van der Waals surface area (Å²) in [6, 6.07) is 3.74. The van der Waals surface area contributed by atoms with Crippen molar-refractivity contribution >= 4 is 29.3 Å². The van der Waals surface area contributed by atoms with E-state index in [-0.39, 0.29) is 16.8 Å². The van der Waals surface area contributed by atoms with Gasteiger partial charge < -0.3 is 20.6 Å². The molecule has 0 aliphatic heterocycles. The zero-order chi connectivity index (χ0) is 16.2. The lowest BCUT2D eigenvalue weighted by molar-refractivity contribution is 0.0698. The lowest BCUT2D eigenvalue weighted by Crippen LogP contribution is -2.49. The van der Waals surface area contributed by atoms with Gasteiger partial charge in [-0.2, -0.15) is 0 Å². The molecule has 2 amide bonds. The SMILES string of the molecule is CN(C)C(C)(C)CNC(=O)Nc1cc(Cl)ccc1C(=O)O. The molecule has 0 fully saturated rings. The fraction of sp³-hybridized carbons (Fsp3) is 0.429. The van der Waals surface area contributed by atoms with Crippen LogP contribution in [0.3, 0.4) is 0 Å². The molecule has 0 saturated heterocycles. The number of carbonyl (C=O) groups excluding carboxylic acids is 1. The molecule has 21 heavy (non-hydrogen) atoms. The molecule has 0 bridgehead atoms. The largest absolute Gasteiger partial charge is 0.478 e. The van der Waals surface area contributed by atoms with Crippen molar-refractivity contribution < 1.29 is 14.7 Å². The molecule has 0 aliphatic carbocycles. The lowest BCUT2D eigenvalue weighted by atomic mass is 10.0. The predicted molar refractivity (Wildman–Crippen MR) is 83.2 cm³/mol. The molecule has 1 aromatic carbocycles. The third-order valence-corrected chi connectivity index (χ3v) is 3.59. The fourth-order valence-electron chi connectivity index (χ4n) is 1.43. The average Bonchev–Trinajstić information content (AvgIpc) is 2.36. The maximum Gasteiger partial charge on any atom is 0.337 e. The molecule has 1 rings (SSSR count). The Hall–Kier alpha value is -1.79. The number of nitrogens with zero attached hydrogens (tertiary/aromatic N) is 1. The fourth-order valence-corrected chi connectivity index (χ4v) is 1.60. The number of amides is 2. The number of hydrogen-bond acceptors (Lipinski definition) is 3. The summed E-state index contributed by atoms with van der Waals surface area (Å²) in [6.45, 7) is 4.37. The molecule has 0 radical (unpaired) electrons. The number of carboxylic acid groups (broad SMARTS) is 1. The second-order valence-corrected chi connectivity index (χ2v) is 5.95. The standard InChI is InChI=1S/C14H20ClN3O3/c1-14(2,18(3)4)8-16-13(21)17-11-7-9(15)5-6-10(11)12(19)20/h5-7H,8H2,1-4H3,(H,19,20)(H2,16,17,21). The van der Waals surface area contributed by atoms with Gasteiger partial charge in [0.15, 0.2) is 0 Å². The van der Waals surface area contributed by atoms with E-state index in [9.17, 15) is 9.59 Å². The van der Waals surface area contributed by atoms with Crippen molar-refractivity contribution in [2.24, 2.45) is 0 Å². The van der Waals surface area contributed by atoms with Crippen molar-refractivity contribution in [3.63, 3.8) is 0 Å². The van der Waals surface area contributed by atoms with Crippen molar-refractivity contribution in [3.8, 4) is 0 Å². The first-order valence-electron chi connectivity index (χ1n) is 6.38. The van der Waals surface area contributed by atoms with Crippen LogP contribution >= 0.6 is 11.6 Å². The molecule has 6 nitrogen and oxygen atoms in total. The Morgan fingerprint density at radius 3 is 2.48 bits per heavy atom. The minimum atomic E-state index is -1.13. The third-order valence-electron chi connectivity index (χ3n) is 3.35. The Balaban J connectivity index is 2.76. The number of hydrogen-bond donors (Lipinski definition) is 3. The van der Waals surface area contributed by atoms with Crippen LogP contribution in [-0.2, 0) is 0 Å². The monoisotopic (exact) mass is 313 g/mol. The zero-order valence-electron chi connectivity index (χ0n) is 12.5. The molecule has 7 heteroatoms. The first-order valence-corrected chi connectivity index (χ1v) is 6.76. The highest BCUT2D eigenvalue weighted by atomic mass is 35.5. The van der Waals surface area contributed by atoms with Crippen molar-refractivity contribution in [2.45, 2.75) is 19.4 Å². The van der Waals surface area contributed by atoms with Crippen molar-refractivity contribution in [3.05, 3.63) is 28.8 Å². The molecular formula is C14H20ClN3O3. The molecule has 1 aromatic rings. The Morgan fingerprint density at radius 2 is 1.95 bits per heavy atom. The number of likely N-dealkylation sites (N-methyl/N-ethyl adjacent to an activating group) is 1. The molecule has 0 unspecified atom stereocenters. The van der Waals surface area contributed by atoms with E-state index in [0.29, 0.717) is 11.6 Å². The molecule has 0 heterocycles. The molecule has 3 N–H and O–H groups in total. The number of halogens is 1. The van der Waals surface area contributed by atoms with E-state index >= 15 is 0 Å². The zero-order valence-corrected chi connectivity index (χ0v) is 13.3. The van der Waals surface area contributed by atoms with Gasteiger partial charge in [-0.15, -0.1) is 0 Å². The van der Waals surface area contributed by atoms with Crippen LogP contribution < -0.4 is 10.6 Å². The van der Waals surface area contributed by atoms with Crippen molar-refractivity contribution in [1.29, 1.82) is 0 Å². The van der Waals surface area contributed by atoms with Crippen LogP contribution in [0.4, 0.5) is 10.5 Å². The molecule has 116 valence electrons. The highest BCUT2D eigenvalue weighted by Crippen LogP contribution is 2.21. The summed E-state index contributed by atoms with van der Waals surface area (Å²) in [6.07, 6.45) is 0. The summed E-state index contributed by atoms with van der Waals surface area (Å²) < 4.78 is 0. The van der Waals surface area contributed by atoms with Crippen molar-refractivity contribution in [2.75, 3.05) is 26.0 Å². The van der Waals surface area contributed by atoms with Gasteiger partial charge in [0.1, 0.15) is 0 Å². The number of anilines is 1. The summed E-state index contributed by atoms with van der Waals surface area (Å²) in [5.41, 5.74) is -0.0713. The summed E-state index contributed by atoms with van der Waals surface area (Å²) in [7, 11) is 3.83. The number of benzene rings is 1. The quantitative estimate of drug-likeness (QED) is 0.780. The van der Waals surface area contributed by atoms with E-state index in [1.807, 2.05) is 32.8 Å². The first kappa shape index (κ1) is 17.3. The topological polar surface area (TPSA) is 81.7 Å². The molecule has 0 saturated carbocycles. The van der Waals surface area contributed by atoms with Gasteiger partial charge in [0.25, 0.3) is 0 Å². The van der Waals surface area contributed by atoms with E-state index in [1.165, 1.54) is 18.2 Å². The van der Waals surface area contributed by atoms with Crippen LogP contribution in [0.15, 0.2) is 18.2 Å². The number of nitrogens with one attached hydrogen (secondary N) is 2. The Bertz CT molecular complexity index is 544. The van der Waals surface area contributed by atoms with Gasteiger partial charge in [-0.1, -0.05) is 11.6 Å². The highest BCUT2D eigenvalue weighted by molar-refractivity contribution is 6.31. The second kappa shape index (κ2) is 6.78.